The Hall–Kier alpha value is -2.96. The van der Waals surface area contributed by atoms with Crippen molar-refractivity contribution in [1.82, 2.24) is 24.7 Å². The number of hydrogen-bond acceptors (Lipinski definition) is 6. The summed E-state index contributed by atoms with van der Waals surface area (Å²) in [7, 11) is 0. The van der Waals surface area contributed by atoms with Crippen molar-refractivity contribution >= 4 is 11.6 Å². The molecule has 138 valence electrons. The fraction of sp³-hybridized carbons (Fsp3) is 0.400. The predicted octanol–water partition coefficient (Wildman–Crippen LogP) is 2.57. The van der Waals surface area contributed by atoms with Crippen LogP contribution < -0.4 is 9.80 Å². The van der Waals surface area contributed by atoms with E-state index in [2.05, 4.69) is 38.9 Å². The quantitative estimate of drug-likeness (QED) is 0.712. The lowest BCUT2D eigenvalue weighted by molar-refractivity contribution is 0.637. The molecule has 3 aromatic heterocycles. The maximum atomic E-state index is 4.83. The van der Waals surface area contributed by atoms with Gasteiger partial charge in [0.2, 0.25) is 0 Å². The fourth-order valence-electron chi connectivity index (χ4n) is 3.55. The zero-order valence-corrected chi connectivity index (χ0v) is 15.5. The number of hydrogen-bond donors (Lipinski definition) is 0. The van der Waals surface area contributed by atoms with E-state index in [1.54, 1.807) is 10.9 Å². The Morgan fingerprint density at radius 2 is 1.59 bits per heavy atom. The molecule has 1 saturated heterocycles. The van der Waals surface area contributed by atoms with Crippen molar-refractivity contribution < 1.29 is 0 Å². The maximum absolute atomic E-state index is 4.83. The van der Waals surface area contributed by atoms with Crippen molar-refractivity contribution in [3.8, 4) is 5.82 Å². The lowest BCUT2D eigenvalue weighted by atomic mass is 10.2. The van der Waals surface area contributed by atoms with Gasteiger partial charge in [-0.2, -0.15) is 5.10 Å². The number of anilines is 2. The minimum Gasteiger partial charge on any atom is -0.353 e. The smallest absolute Gasteiger partial charge is 0.155 e. The molecular weight excluding hydrogens is 338 g/mol. The van der Waals surface area contributed by atoms with E-state index < -0.39 is 0 Å². The van der Waals surface area contributed by atoms with Crippen LogP contribution in [-0.4, -0.2) is 50.9 Å². The first-order valence-corrected chi connectivity index (χ1v) is 9.59. The van der Waals surface area contributed by atoms with Crippen LogP contribution in [0.3, 0.4) is 0 Å². The molecule has 0 aromatic carbocycles. The average molecular weight is 361 g/mol. The maximum Gasteiger partial charge on any atom is 0.155 e. The Labute approximate surface area is 158 Å². The molecule has 0 atom stereocenters. The van der Waals surface area contributed by atoms with Gasteiger partial charge in [-0.3, -0.25) is 0 Å². The highest BCUT2D eigenvalue weighted by molar-refractivity contribution is 5.47. The summed E-state index contributed by atoms with van der Waals surface area (Å²) >= 11 is 0. The van der Waals surface area contributed by atoms with Crippen LogP contribution in [0, 0.1) is 6.92 Å². The molecular formula is C20H23N7. The molecule has 0 N–H and O–H groups in total. The Bertz CT molecular complexity index is 925. The first-order valence-electron chi connectivity index (χ1n) is 9.59. The molecule has 7 nitrogen and oxygen atoms in total. The zero-order chi connectivity index (χ0) is 18.2. The van der Waals surface area contributed by atoms with Crippen molar-refractivity contribution in [1.29, 1.82) is 0 Å². The van der Waals surface area contributed by atoms with Gasteiger partial charge in [0.05, 0.1) is 0 Å². The van der Waals surface area contributed by atoms with Gasteiger partial charge in [0.1, 0.15) is 17.5 Å². The highest BCUT2D eigenvalue weighted by atomic mass is 15.3. The lowest BCUT2D eigenvalue weighted by Crippen LogP contribution is -2.47. The van der Waals surface area contributed by atoms with Gasteiger partial charge >= 0.3 is 0 Å². The first kappa shape index (κ1) is 16.2. The molecule has 5 rings (SSSR count). The second-order valence-electron chi connectivity index (χ2n) is 7.28. The van der Waals surface area contributed by atoms with Crippen LogP contribution >= 0.6 is 0 Å². The largest absolute Gasteiger partial charge is 0.353 e. The third kappa shape index (κ3) is 3.37. The molecule has 2 fully saturated rings. The Morgan fingerprint density at radius 1 is 0.852 bits per heavy atom. The van der Waals surface area contributed by atoms with Gasteiger partial charge in [0.25, 0.3) is 0 Å². The number of rotatable bonds is 4. The molecule has 0 spiro atoms. The average Bonchev–Trinajstić information content (AvgIpc) is 3.42. The van der Waals surface area contributed by atoms with Crippen molar-refractivity contribution in [2.45, 2.75) is 25.7 Å². The summed E-state index contributed by atoms with van der Waals surface area (Å²) in [6, 6.07) is 10.1. The first-order chi connectivity index (χ1) is 13.3. The van der Waals surface area contributed by atoms with Gasteiger partial charge in [0, 0.05) is 56.3 Å². The van der Waals surface area contributed by atoms with Gasteiger partial charge in [-0.1, -0.05) is 6.07 Å². The monoisotopic (exact) mass is 361 g/mol. The summed E-state index contributed by atoms with van der Waals surface area (Å²) in [5, 5.41) is 4.27. The molecule has 1 saturated carbocycles. The SMILES string of the molecule is Cc1cc(N2CCN(c3cccc(-n4cccn4)n3)CC2)nc(C2CC2)n1. The topological polar surface area (TPSA) is 63.0 Å². The van der Waals surface area contributed by atoms with E-state index in [4.69, 9.17) is 9.97 Å². The zero-order valence-electron chi connectivity index (χ0n) is 15.5. The Kier molecular flexibility index (Phi) is 3.99. The van der Waals surface area contributed by atoms with E-state index in [9.17, 15) is 0 Å². The number of pyridine rings is 1. The van der Waals surface area contributed by atoms with Crippen LogP contribution in [-0.2, 0) is 0 Å². The third-order valence-electron chi connectivity index (χ3n) is 5.19. The standard InChI is InChI=1S/C20H23N7/c1-15-14-19(24-20(22-15)16-6-7-16)26-12-10-25(11-13-26)17-4-2-5-18(23-17)27-9-3-8-21-27/h2-5,8-9,14,16H,6-7,10-13H2,1H3. The van der Waals surface area contributed by atoms with Crippen LogP contribution in [0.15, 0.2) is 42.7 Å². The van der Waals surface area contributed by atoms with E-state index in [1.165, 1.54) is 12.8 Å². The number of aryl methyl sites for hydroxylation is 1. The highest BCUT2D eigenvalue weighted by Gasteiger charge is 2.28. The molecule has 4 heterocycles. The summed E-state index contributed by atoms with van der Waals surface area (Å²) in [6.07, 6.45) is 6.15. The lowest BCUT2D eigenvalue weighted by Gasteiger charge is -2.36. The summed E-state index contributed by atoms with van der Waals surface area (Å²) in [5.41, 5.74) is 1.07. The Balaban J connectivity index is 1.30. The molecule has 3 aromatic rings. The van der Waals surface area contributed by atoms with Crippen LogP contribution in [0.5, 0.6) is 0 Å². The van der Waals surface area contributed by atoms with Gasteiger partial charge in [0.15, 0.2) is 5.82 Å². The second-order valence-corrected chi connectivity index (χ2v) is 7.28. The van der Waals surface area contributed by atoms with Gasteiger partial charge in [-0.25, -0.2) is 19.6 Å². The molecule has 0 unspecified atom stereocenters. The van der Waals surface area contributed by atoms with Gasteiger partial charge in [-0.05, 0) is 38.0 Å². The molecule has 0 radical (unpaired) electrons. The van der Waals surface area contributed by atoms with E-state index in [1.807, 2.05) is 24.4 Å². The third-order valence-corrected chi connectivity index (χ3v) is 5.19. The van der Waals surface area contributed by atoms with Crippen LogP contribution in [0.1, 0.15) is 30.3 Å². The summed E-state index contributed by atoms with van der Waals surface area (Å²) in [6.45, 7) is 5.80. The molecule has 1 aliphatic carbocycles. The number of piperazine rings is 1. The minimum atomic E-state index is 0.583. The molecule has 27 heavy (non-hydrogen) atoms. The number of aromatic nitrogens is 5. The summed E-state index contributed by atoms with van der Waals surface area (Å²) in [5.74, 6) is 4.53. The normalized spacial score (nSPS) is 17.4. The van der Waals surface area contributed by atoms with Crippen LogP contribution in [0.2, 0.25) is 0 Å². The van der Waals surface area contributed by atoms with E-state index in [0.717, 1.165) is 55.2 Å². The molecule has 1 aliphatic heterocycles. The van der Waals surface area contributed by atoms with E-state index in [-0.39, 0.29) is 0 Å². The van der Waals surface area contributed by atoms with Crippen LogP contribution in [0.4, 0.5) is 11.6 Å². The van der Waals surface area contributed by atoms with Crippen molar-refractivity contribution in [2.75, 3.05) is 36.0 Å². The molecule has 2 aliphatic rings. The van der Waals surface area contributed by atoms with E-state index >= 15 is 0 Å². The fourth-order valence-corrected chi connectivity index (χ4v) is 3.55. The van der Waals surface area contributed by atoms with Crippen LogP contribution in [0.25, 0.3) is 5.82 Å². The van der Waals surface area contributed by atoms with Crippen molar-refractivity contribution in [3.63, 3.8) is 0 Å². The van der Waals surface area contributed by atoms with Crippen molar-refractivity contribution in [3.05, 3.63) is 54.2 Å². The van der Waals surface area contributed by atoms with E-state index in [0.29, 0.717) is 5.92 Å². The van der Waals surface area contributed by atoms with Gasteiger partial charge < -0.3 is 9.80 Å². The predicted molar refractivity (Wildman–Crippen MR) is 105 cm³/mol. The Morgan fingerprint density at radius 3 is 2.30 bits per heavy atom. The molecule has 7 heteroatoms. The van der Waals surface area contributed by atoms with Crippen molar-refractivity contribution in [2.24, 2.45) is 0 Å². The summed E-state index contributed by atoms with van der Waals surface area (Å²) in [4.78, 5) is 18.9. The van der Waals surface area contributed by atoms with Gasteiger partial charge in [-0.15, -0.1) is 0 Å². The number of nitrogens with zero attached hydrogens (tertiary/aromatic N) is 7. The minimum absolute atomic E-state index is 0.583. The summed E-state index contributed by atoms with van der Waals surface area (Å²) < 4.78 is 1.79. The second kappa shape index (κ2) is 6.64. The molecule has 0 bridgehead atoms. The molecule has 0 amide bonds. The highest BCUT2D eigenvalue weighted by Crippen LogP contribution is 2.38.